The van der Waals surface area contributed by atoms with E-state index in [9.17, 15) is 0 Å². The van der Waals surface area contributed by atoms with Crippen LogP contribution >= 0.6 is 11.8 Å². The van der Waals surface area contributed by atoms with Crippen molar-refractivity contribution in [2.75, 3.05) is 12.0 Å². The predicted molar refractivity (Wildman–Crippen MR) is 69.8 cm³/mol. The number of thioether (sulfide) groups is 1. The molecule has 1 aromatic carbocycles. The first-order valence-corrected chi connectivity index (χ1v) is 7.08. The lowest BCUT2D eigenvalue weighted by Crippen LogP contribution is -2.02. The van der Waals surface area contributed by atoms with Gasteiger partial charge in [-0.05, 0) is 37.0 Å². The van der Waals surface area contributed by atoms with Gasteiger partial charge in [0.1, 0.15) is 11.0 Å². The smallest absolute Gasteiger partial charge is 0.113 e. The highest BCUT2D eigenvalue weighted by Crippen LogP contribution is 2.08. The van der Waals surface area contributed by atoms with Gasteiger partial charge in [-0.3, -0.25) is 0 Å². The maximum Gasteiger partial charge on any atom is 0.113 e. The number of nitrogens with zero attached hydrogens (tertiary/aromatic N) is 3. The van der Waals surface area contributed by atoms with E-state index in [1.807, 2.05) is 40.8 Å². The molecule has 1 heterocycles. The summed E-state index contributed by atoms with van der Waals surface area (Å²) in [5.41, 5.74) is 1.98. The topological polar surface area (TPSA) is 30.7 Å². The maximum absolute atomic E-state index is 4.43. The molecule has 0 bridgehead atoms. The number of rotatable bonds is 6. The summed E-state index contributed by atoms with van der Waals surface area (Å²) >= 11 is 1.91. The Kier molecular flexibility index (Phi) is 4.22. The molecule has 0 amide bonds. The van der Waals surface area contributed by atoms with Crippen molar-refractivity contribution in [2.24, 2.45) is 0 Å². The van der Waals surface area contributed by atoms with E-state index in [1.165, 1.54) is 25.0 Å². The van der Waals surface area contributed by atoms with Crippen molar-refractivity contribution >= 4 is 22.8 Å². The van der Waals surface area contributed by atoms with Crippen LogP contribution in [-0.4, -0.2) is 27.0 Å². The predicted octanol–water partition coefficient (Wildman–Crippen LogP) is 2.96. The molecule has 1 aromatic heterocycles. The van der Waals surface area contributed by atoms with E-state index in [2.05, 4.69) is 16.5 Å². The van der Waals surface area contributed by atoms with Gasteiger partial charge in [0.15, 0.2) is 0 Å². The van der Waals surface area contributed by atoms with Crippen molar-refractivity contribution in [1.82, 2.24) is 15.0 Å². The Morgan fingerprint density at radius 1 is 1.06 bits per heavy atom. The molecule has 3 nitrogen and oxygen atoms in total. The van der Waals surface area contributed by atoms with Crippen LogP contribution in [0, 0.1) is 0 Å². The molecule has 16 heavy (non-hydrogen) atoms. The zero-order valence-corrected chi connectivity index (χ0v) is 10.4. The van der Waals surface area contributed by atoms with Crippen LogP contribution in [0.5, 0.6) is 0 Å². The summed E-state index contributed by atoms with van der Waals surface area (Å²) in [4.78, 5) is 1.82. The van der Waals surface area contributed by atoms with Gasteiger partial charge in [0.25, 0.3) is 0 Å². The van der Waals surface area contributed by atoms with Crippen LogP contribution in [0.3, 0.4) is 0 Å². The number of aryl methyl sites for hydroxylation is 1. The molecule has 0 radical (unpaired) electrons. The van der Waals surface area contributed by atoms with Gasteiger partial charge in [0, 0.05) is 0 Å². The van der Waals surface area contributed by atoms with E-state index in [0.29, 0.717) is 0 Å². The number of hydrogen-bond donors (Lipinski definition) is 0. The second-order valence-electron chi connectivity index (χ2n) is 3.84. The number of unbranched alkanes of at least 4 members (excludes halogenated alkanes) is 2. The number of hydrogen-bond acceptors (Lipinski definition) is 3. The zero-order valence-electron chi connectivity index (χ0n) is 9.59. The largest absolute Gasteiger partial charge is 0.184 e. The minimum absolute atomic E-state index is 0.934. The van der Waals surface area contributed by atoms with Gasteiger partial charge in [-0.1, -0.05) is 18.6 Å². The SMILES string of the molecule is CSCCCCCn1nc2ccccc2n1. The molecule has 0 saturated carbocycles. The summed E-state index contributed by atoms with van der Waals surface area (Å²) < 4.78 is 0. The van der Waals surface area contributed by atoms with E-state index in [1.54, 1.807) is 0 Å². The third-order valence-electron chi connectivity index (χ3n) is 2.53. The molecule has 0 aliphatic carbocycles. The summed E-state index contributed by atoms with van der Waals surface area (Å²) in [6, 6.07) is 8.01. The first-order chi connectivity index (χ1) is 7.90. The molecule has 0 atom stereocenters. The van der Waals surface area contributed by atoms with Crippen LogP contribution in [0.1, 0.15) is 19.3 Å². The molecule has 0 aliphatic heterocycles. The van der Waals surface area contributed by atoms with E-state index >= 15 is 0 Å². The number of benzene rings is 1. The fourth-order valence-electron chi connectivity index (χ4n) is 1.68. The Morgan fingerprint density at radius 2 is 1.75 bits per heavy atom. The second-order valence-corrected chi connectivity index (χ2v) is 4.82. The Bertz CT molecular complexity index is 406. The van der Waals surface area contributed by atoms with Crippen molar-refractivity contribution in [1.29, 1.82) is 0 Å². The van der Waals surface area contributed by atoms with Crippen LogP contribution in [0.25, 0.3) is 11.0 Å². The minimum Gasteiger partial charge on any atom is -0.184 e. The van der Waals surface area contributed by atoms with Crippen molar-refractivity contribution in [3.05, 3.63) is 24.3 Å². The monoisotopic (exact) mass is 235 g/mol. The molecule has 0 N–H and O–H groups in total. The molecule has 0 unspecified atom stereocenters. The highest BCUT2D eigenvalue weighted by atomic mass is 32.2. The average molecular weight is 235 g/mol. The average Bonchev–Trinajstić information content (AvgIpc) is 2.71. The standard InChI is InChI=1S/C12H17N3S/c1-16-10-6-2-5-9-15-13-11-7-3-4-8-12(11)14-15/h3-4,7-8H,2,5-6,9-10H2,1H3. The third kappa shape index (κ3) is 2.98. The quantitative estimate of drug-likeness (QED) is 0.721. The molecule has 2 aromatic rings. The van der Waals surface area contributed by atoms with Gasteiger partial charge in [0.05, 0.1) is 6.54 Å². The molecule has 86 valence electrons. The van der Waals surface area contributed by atoms with Crippen LogP contribution in [0.2, 0.25) is 0 Å². The summed E-state index contributed by atoms with van der Waals surface area (Å²) in [5, 5.41) is 8.86. The summed E-state index contributed by atoms with van der Waals surface area (Å²) in [6.45, 7) is 0.934. The summed E-state index contributed by atoms with van der Waals surface area (Å²) in [6.07, 6.45) is 5.88. The summed E-state index contributed by atoms with van der Waals surface area (Å²) in [5.74, 6) is 1.26. The maximum atomic E-state index is 4.43. The van der Waals surface area contributed by atoms with Crippen molar-refractivity contribution in [2.45, 2.75) is 25.8 Å². The Labute approximate surface area is 100 Å². The fourth-order valence-corrected chi connectivity index (χ4v) is 2.17. The van der Waals surface area contributed by atoms with Gasteiger partial charge in [0.2, 0.25) is 0 Å². The Morgan fingerprint density at radius 3 is 2.38 bits per heavy atom. The Balaban J connectivity index is 1.85. The molecule has 4 heteroatoms. The molecule has 0 fully saturated rings. The van der Waals surface area contributed by atoms with Crippen LogP contribution in [-0.2, 0) is 6.54 Å². The second kappa shape index (κ2) is 5.89. The van der Waals surface area contributed by atoms with Gasteiger partial charge in [-0.15, -0.1) is 0 Å². The number of aromatic nitrogens is 3. The molecular formula is C12H17N3S. The normalized spacial score (nSPS) is 11.1. The van der Waals surface area contributed by atoms with Crippen LogP contribution in [0.15, 0.2) is 24.3 Å². The lowest BCUT2D eigenvalue weighted by atomic mass is 10.2. The zero-order chi connectivity index (χ0) is 11.2. The lowest BCUT2D eigenvalue weighted by Gasteiger charge is -1.99. The van der Waals surface area contributed by atoms with Gasteiger partial charge < -0.3 is 0 Å². The molecular weight excluding hydrogens is 218 g/mol. The molecule has 2 rings (SSSR count). The third-order valence-corrected chi connectivity index (χ3v) is 3.23. The highest BCUT2D eigenvalue weighted by Gasteiger charge is 2.00. The Hall–Kier alpha value is -1.03. The summed E-state index contributed by atoms with van der Waals surface area (Å²) in [7, 11) is 0. The van der Waals surface area contributed by atoms with Crippen molar-refractivity contribution < 1.29 is 0 Å². The molecule has 0 saturated heterocycles. The first-order valence-electron chi connectivity index (χ1n) is 5.69. The van der Waals surface area contributed by atoms with Gasteiger partial charge in [-0.25, -0.2) is 0 Å². The minimum atomic E-state index is 0.934. The van der Waals surface area contributed by atoms with E-state index < -0.39 is 0 Å². The van der Waals surface area contributed by atoms with E-state index in [-0.39, 0.29) is 0 Å². The number of fused-ring (bicyclic) bond motifs is 1. The van der Waals surface area contributed by atoms with E-state index in [0.717, 1.165) is 17.6 Å². The first kappa shape index (κ1) is 11.5. The molecule has 0 aliphatic rings. The van der Waals surface area contributed by atoms with Crippen LogP contribution < -0.4 is 0 Å². The van der Waals surface area contributed by atoms with Crippen molar-refractivity contribution in [3.8, 4) is 0 Å². The lowest BCUT2D eigenvalue weighted by molar-refractivity contribution is 0.503. The van der Waals surface area contributed by atoms with E-state index in [4.69, 9.17) is 0 Å². The molecule has 0 spiro atoms. The fraction of sp³-hybridized carbons (Fsp3) is 0.500. The highest BCUT2D eigenvalue weighted by molar-refractivity contribution is 7.98. The van der Waals surface area contributed by atoms with Crippen LogP contribution in [0.4, 0.5) is 0 Å². The van der Waals surface area contributed by atoms with Gasteiger partial charge in [-0.2, -0.15) is 26.8 Å². The van der Waals surface area contributed by atoms with Crippen molar-refractivity contribution in [3.63, 3.8) is 0 Å². The van der Waals surface area contributed by atoms with Gasteiger partial charge >= 0.3 is 0 Å².